The predicted molar refractivity (Wildman–Crippen MR) is 88.9 cm³/mol. The lowest BCUT2D eigenvalue weighted by molar-refractivity contribution is -0.0498. The summed E-state index contributed by atoms with van der Waals surface area (Å²) >= 11 is 0. The first-order valence-corrected chi connectivity index (χ1v) is 8.27. The van der Waals surface area contributed by atoms with E-state index in [4.69, 9.17) is 0 Å². The molecule has 2 aromatic carbocycles. The first-order chi connectivity index (χ1) is 11.1. The summed E-state index contributed by atoms with van der Waals surface area (Å²) in [6.45, 7) is -0.445. The SMILES string of the molecule is CC1CCC(c2ccc(-c3ccc(OC(F)F)cc3)cc2)CC1. The molecule has 0 heterocycles. The zero-order valence-electron chi connectivity index (χ0n) is 13.3. The maximum atomic E-state index is 12.2. The maximum Gasteiger partial charge on any atom is 0.387 e. The summed E-state index contributed by atoms with van der Waals surface area (Å²) in [6, 6.07) is 15.5. The third-order valence-corrected chi connectivity index (χ3v) is 4.81. The molecule has 2 aromatic rings. The minimum absolute atomic E-state index is 0.191. The van der Waals surface area contributed by atoms with Crippen LogP contribution in [0.5, 0.6) is 5.75 Å². The van der Waals surface area contributed by atoms with Crippen LogP contribution >= 0.6 is 0 Å². The van der Waals surface area contributed by atoms with E-state index in [1.807, 2.05) is 12.1 Å². The van der Waals surface area contributed by atoms with Gasteiger partial charge in [0.2, 0.25) is 0 Å². The first kappa shape index (κ1) is 16.0. The summed E-state index contributed by atoms with van der Waals surface area (Å²) in [5, 5.41) is 0. The first-order valence-electron chi connectivity index (χ1n) is 8.27. The van der Waals surface area contributed by atoms with Crippen LogP contribution in [0.2, 0.25) is 0 Å². The molecule has 1 aliphatic carbocycles. The molecule has 1 saturated carbocycles. The standard InChI is InChI=1S/C20H22F2O/c1-14-2-4-15(5-3-14)16-6-8-17(9-7-16)18-10-12-19(13-11-18)23-20(21)22/h6-15,20H,2-5H2,1H3. The lowest BCUT2D eigenvalue weighted by Gasteiger charge is -2.26. The second kappa shape index (κ2) is 7.12. The van der Waals surface area contributed by atoms with Crippen LogP contribution in [0, 0.1) is 5.92 Å². The van der Waals surface area contributed by atoms with Gasteiger partial charge in [-0.25, -0.2) is 0 Å². The molecule has 122 valence electrons. The van der Waals surface area contributed by atoms with Gasteiger partial charge in [0, 0.05) is 0 Å². The third kappa shape index (κ3) is 4.10. The van der Waals surface area contributed by atoms with E-state index in [1.165, 1.54) is 31.2 Å². The van der Waals surface area contributed by atoms with Crippen molar-refractivity contribution in [2.45, 2.75) is 45.1 Å². The van der Waals surface area contributed by atoms with Gasteiger partial charge < -0.3 is 4.74 Å². The maximum absolute atomic E-state index is 12.2. The topological polar surface area (TPSA) is 9.23 Å². The lowest BCUT2D eigenvalue weighted by Crippen LogP contribution is -2.10. The monoisotopic (exact) mass is 316 g/mol. The minimum Gasteiger partial charge on any atom is -0.435 e. The van der Waals surface area contributed by atoms with Crippen LogP contribution in [-0.2, 0) is 0 Å². The van der Waals surface area contributed by atoms with Crippen LogP contribution in [0.1, 0.15) is 44.1 Å². The van der Waals surface area contributed by atoms with Gasteiger partial charge in [0.1, 0.15) is 5.75 Å². The predicted octanol–water partition coefficient (Wildman–Crippen LogP) is 6.25. The summed E-state index contributed by atoms with van der Waals surface area (Å²) < 4.78 is 28.7. The molecule has 0 spiro atoms. The molecule has 1 fully saturated rings. The number of ether oxygens (including phenoxy) is 1. The quantitative estimate of drug-likeness (QED) is 0.648. The average Bonchev–Trinajstić information content (AvgIpc) is 2.56. The molecule has 1 aliphatic rings. The van der Waals surface area contributed by atoms with Gasteiger partial charge in [0.25, 0.3) is 0 Å². The molecule has 0 amide bonds. The van der Waals surface area contributed by atoms with Crippen molar-refractivity contribution in [3.63, 3.8) is 0 Å². The second-order valence-electron chi connectivity index (χ2n) is 6.48. The minimum atomic E-state index is -2.78. The van der Waals surface area contributed by atoms with Crippen molar-refractivity contribution < 1.29 is 13.5 Å². The van der Waals surface area contributed by atoms with Gasteiger partial charge in [-0.15, -0.1) is 0 Å². The van der Waals surface area contributed by atoms with Crippen molar-refractivity contribution in [2.75, 3.05) is 0 Å². The second-order valence-corrected chi connectivity index (χ2v) is 6.48. The van der Waals surface area contributed by atoms with Crippen LogP contribution in [0.15, 0.2) is 48.5 Å². The van der Waals surface area contributed by atoms with E-state index in [0.29, 0.717) is 5.92 Å². The molecule has 0 atom stereocenters. The van der Waals surface area contributed by atoms with Crippen LogP contribution in [0.4, 0.5) is 8.78 Å². The fourth-order valence-electron chi connectivity index (χ4n) is 3.37. The van der Waals surface area contributed by atoms with Crippen molar-refractivity contribution in [2.24, 2.45) is 5.92 Å². The van der Waals surface area contributed by atoms with Gasteiger partial charge in [0.15, 0.2) is 0 Å². The Labute approximate surface area is 136 Å². The van der Waals surface area contributed by atoms with Crippen LogP contribution < -0.4 is 4.74 Å². The fourth-order valence-corrected chi connectivity index (χ4v) is 3.37. The summed E-state index contributed by atoms with van der Waals surface area (Å²) in [5.74, 6) is 1.73. The van der Waals surface area contributed by atoms with E-state index in [0.717, 1.165) is 17.0 Å². The Balaban J connectivity index is 1.69. The Bertz CT molecular complexity index is 611. The lowest BCUT2D eigenvalue weighted by atomic mass is 9.79. The van der Waals surface area contributed by atoms with Crippen molar-refractivity contribution in [3.05, 3.63) is 54.1 Å². The van der Waals surface area contributed by atoms with E-state index in [9.17, 15) is 8.78 Å². The van der Waals surface area contributed by atoms with Crippen LogP contribution in [0.3, 0.4) is 0 Å². The van der Waals surface area contributed by atoms with Gasteiger partial charge in [-0.05, 0) is 53.5 Å². The van der Waals surface area contributed by atoms with E-state index in [2.05, 4.69) is 35.9 Å². The number of halogens is 2. The summed E-state index contributed by atoms with van der Waals surface area (Å²) in [4.78, 5) is 0. The Kier molecular flexibility index (Phi) is 4.94. The smallest absolute Gasteiger partial charge is 0.387 e. The third-order valence-electron chi connectivity index (χ3n) is 4.81. The van der Waals surface area contributed by atoms with Crippen molar-refractivity contribution >= 4 is 0 Å². The zero-order valence-corrected chi connectivity index (χ0v) is 13.3. The largest absolute Gasteiger partial charge is 0.435 e. The highest BCUT2D eigenvalue weighted by atomic mass is 19.3. The Morgan fingerprint density at radius 3 is 1.87 bits per heavy atom. The van der Waals surface area contributed by atoms with Crippen LogP contribution in [0.25, 0.3) is 11.1 Å². The molecule has 0 N–H and O–H groups in total. The molecule has 3 rings (SSSR count). The Hall–Kier alpha value is -1.90. The van der Waals surface area contributed by atoms with Crippen molar-refractivity contribution in [1.29, 1.82) is 0 Å². The molecule has 1 nitrogen and oxygen atoms in total. The van der Waals surface area contributed by atoms with Gasteiger partial charge >= 0.3 is 6.61 Å². The van der Waals surface area contributed by atoms with Gasteiger partial charge in [0.05, 0.1) is 0 Å². The number of rotatable bonds is 4. The molecule has 0 radical (unpaired) electrons. The molecule has 0 aliphatic heterocycles. The van der Waals surface area contributed by atoms with Crippen LogP contribution in [-0.4, -0.2) is 6.61 Å². The highest BCUT2D eigenvalue weighted by Crippen LogP contribution is 2.36. The van der Waals surface area contributed by atoms with Gasteiger partial charge in [-0.3, -0.25) is 0 Å². The average molecular weight is 316 g/mol. The molecular formula is C20H22F2O. The highest BCUT2D eigenvalue weighted by molar-refractivity contribution is 5.64. The molecule has 3 heteroatoms. The Morgan fingerprint density at radius 2 is 1.35 bits per heavy atom. The molecular weight excluding hydrogens is 294 g/mol. The summed E-state index contributed by atoms with van der Waals surface area (Å²) in [7, 11) is 0. The van der Waals surface area contributed by atoms with Crippen molar-refractivity contribution in [1.82, 2.24) is 0 Å². The summed E-state index contributed by atoms with van der Waals surface area (Å²) in [5.41, 5.74) is 3.52. The number of alkyl halides is 2. The van der Waals surface area contributed by atoms with Gasteiger partial charge in [-0.2, -0.15) is 8.78 Å². The molecule has 0 unspecified atom stereocenters. The molecule has 0 saturated heterocycles. The van der Waals surface area contributed by atoms with E-state index < -0.39 is 6.61 Å². The zero-order chi connectivity index (χ0) is 16.2. The molecule has 0 bridgehead atoms. The van der Waals surface area contributed by atoms with Crippen molar-refractivity contribution in [3.8, 4) is 16.9 Å². The Morgan fingerprint density at radius 1 is 0.826 bits per heavy atom. The molecule has 0 aromatic heterocycles. The highest BCUT2D eigenvalue weighted by Gasteiger charge is 2.19. The molecule has 23 heavy (non-hydrogen) atoms. The van der Waals surface area contributed by atoms with E-state index in [-0.39, 0.29) is 5.75 Å². The van der Waals surface area contributed by atoms with E-state index >= 15 is 0 Å². The number of hydrogen-bond donors (Lipinski definition) is 0. The van der Waals surface area contributed by atoms with Gasteiger partial charge in [-0.1, -0.05) is 56.2 Å². The number of hydrogen-bond acceptors (Lipinski definition) is 1. The number of benzene rings is 2. The normalized spacial score (nSPS) is 21.4. The van der Waals surface area contributed by atoms with E-state index in [1.54, 1.807) is 12.1 Å². The summed E-state index contributed by atoms with van der Waals surface area (Å²) in [6.07, 6.45) is 5.19. The fraction of sp³-hybridized carbons (Fsp3) is 0.400.